The fourth-order valence-corrected chi connectivity index (χ4v) is 4.69. The molecule has 0 bridgehead atoms. The molecule has 1 aliphatic heterocycles. The van der Waals surface area contributed by atoms with Gasteiger partial charge in [-0.05, 0) is 24.3 Å². The Morgan fingerprint density at radius 1 is 1.05 bits per heavy atom. The third-order valence-corrected chi connectivity index (χ3v) is 6.57. The van der Waals surface area contributed by atoms with E-state index in [0.717, 1.165) is 37.6 Å². The fraction of sp³-hybridized carbons (Fsp3) is 0.250. The van der Waals surface area contributed by atoms with Gasteiger partial charge >= 0.3 is 0 Å². The van der Waals surface area contributed by atoms with E-state index >= 15 is 0 Å². The van der Waals surface area contributed by atoms with Crippen molar-refractivity contribution in [3.8, 4) is 5.75 Å². The third kappa shape index (κ3) is 5.66. The molecular formula is C24H26ClN9O2S. The Kier molecular flexibility index (Phi) is 7.49. The summed E-state index contributed by atoms with van der Waals surface area (Å²) in [5, 5.41) is 10.1. The smallest absolute Gasteiger partial charge is 0.229 e. The second-order valence-electron chi connectivity index (χ2n) is 8.23. The Balaban J connectivity index is 1.42. The summed E-state index contributed by atoms with van der Waals surface area (Å²) >= 11 is 6.43. The number of piperazine rings is 1. The van der Waals surface area contributed by atoms with Gasteiger partial charge in [-0.15, -0.1) is 0 Å². The van der Waals surface area contributed by atoms with E-state index in [9.17, 15) is 4.21 Å². The fourth-order valence-electron chi connectivity index (χ4n) is 4.05. The lowest BCUT2D eigenvalue weighted by molar-refractivity contribution is 0.416. The molecule has 4 N–H and O–H groups in total. The summed E-state index contributed by atoms with van der Waals surface area (Å²) in [6.07, 6.45) is 6.23. The van der Waals surface area contributed by atoms with Crippen molar-refractivity contribution in [3.05, 3.63) is 53.9 Å². The van der Waals surface area contributed by atoms with E-state index in [1.54, 1.807) is 31.8 Å². The van der Waals surface area contributed by atoms with Crippen LogP contribution in [0.2, 0.25) is 5.02 Å². The second-order valence-corrected chi connectivity index (χ2v) is 9.75. The average Bonchev–Trinajstić information content (AvgIpc) is 2.92. The molecule has 5 rings (SSSR count). The van der Waals surface area contributed by atoms with Crippen LogP contribution in [0.15, 0.2) is 48.9 Å². The number of halogens is 1. The van der Waals surface area contributed by atoms with Crippen molar-refractivity contribution in [1.82, 2.24) is 25.3 Å². The lowest BCUT2D eigenvalue weighted by Crippen LogP contribution is -2.43. The summed E-state index contributed by atoms with van der Waals surface area (Å²) in [6.45, 7) is 3.78. The zero-order chi connectivity index (χ0) is 25.8. The summed E-state index contributed by atoms with van der Waals surface area (Å²) in [6, 6.07) is 9.61. The minimum atomic E-state index is -1.34. The third-order valence-electron chi connectivity index (χ3n) is 5.80. The normalized spacial score (nSPS) is 14.3. The minimum Gasteiger partial charge on any atom is -0.494 e. The lowest BCUT2D eigenvalue weighted by Gasteiger charge is -2.30. The molecule has 0 radical (unpaired) electrons. The Hall–Kier alpha value is -3.74. The molecule has 11 nitrogen and oxygen atoms in total. The first-order valence-electron chi connectivity index (χ1n) is 11.6. The van der Waals surface area contributed by atoms with Gasteiger partial charge in [0.2, 0.25) is 5.95 Å². The largest absolute Gasteiger partial charge is 0.494 e. The summed E-state index contributed by atoms with van der Waals surface area (Å²) in [5.74, 6) is 1.37. The monoisotopic (exact) mass is 539 g/mol. The summed E-state index contributed by atoms with van der Waals surface area (Å²) in [7, 11) is 0.290. The molecule has 4 aromatic rings. The topological polar surface area (TPSA) is 129 Å². The number of fused-ring (bicyclic) bond motifs is 1. The molecule has 0 aliphatic carbocycles. The number of rotatable bonds is 8. The number of methoxy groups -OCH3 is 1. The minimum absolute atomic E-state index is 0.314. The van der Waals surface area contributed by atoms with Crippen molar-refractivity contribution in [1.29, 1.82) is 0 Å². The molecule has 1 atom stereocenters. The Labute approximate surface area is 221 Å². The molecule has 192 valence electrons. The highest BCUT2D eigenvalue weighted by Gasteiger charge is 2.16. The predicted molar refractivity (Wildman–Crippen MR) is 149 cm³/mol. The first kappa shape index (κ1) is 24.9. The molecule has 37 heavy (non-hydrogen) atoms. The van der Waals surface area contributed by atoms with Gasteiger partial charge < -0.3 is 30.3 Å². The molecule has 1 unspecified atom stereocenters. The number of hydrogen-bond acceptors (Lipinski definition) is 10. The number of anilines is 6. The standard InChI is InChI=1S/C24H26ClN9O2S/c1-36-20-13-15(34-11-9-26-10-12-34)3-4-17(20)31-24-29-14-16(25)23(32-24)30-19-6-5-18-21(28-8-7-27-18)22(19)33-37(2)35/h3-8,13-14,26,33H,9-12H2,1-2H3,(H2,29,30,31,32). The van der Waals surface area contributed by atoms with E-state index < -0.39 is 11.0 Å². The first-order valence-corrected chi connectivity index (χ1v) is 13.5. The molecule has 1 aliphatic rings. The Morgan fingerprint density at radius 3 is 2.62 bits per heavy atom. The van der Waals surface area contributed by atoms with Crippen LogP contribution < -0.4 is 30.3 Å². The highest BCUT2D eigenvalue weighted by Crippen LogP contribution is 2.35. The van der Waals surface area contributed by atoms with Crippen molar-refractivity contribution in [3.63, 3.8) is 0 Å². The van der Waals surface area contributed by atoms with Crippen LogP contribution in [-0.2, 0) is 11.0 Å². The van der Waals surface area contributed by atoms with Crippen molar-refractivity contribution >= 4 is 68.1 Å². The van der Waals surface area contributed by atoms with Crippen molar-refractivity contribution in [2.75, 3.05) is 59.8 Å². The molecule has 1 fully saturated rings. The molecule has 0 amide bonds. The van der Waals surface area contributed by atoms with E-state index in [1.807, 2.05) is 24.3 Å². The van der Waals surface area contributed by atoms with Crippen LogP contribution >= 0.6 is 11.6 Å². The maximum absolute atomic E-state index is 12.0. The van der Waals surface area contributed by atoms with Crippen LogP contribution in [-0.4, -0.2) is 63.7 Å². The van der Waals surface area contributed by atoms with Gasteiger partial charge in [-0.1, -0.05) is 11.6 Å². The van der Waals surface area contributed by atoms with E-state index in [2.05, 4.69) is 45.5 Å². The molecule has 13 heteroatoms. The van der Waals surface area contributed by atoms with Crippen molar-refractivity contribution in [2.24, 2.45) is 0 Å². The molecule has 0 spiro atoms. The highest BCUT2D eigenvalue weighted by molar-refractivity contribution is 7.85. The van der Waals surface area contributed by atoms with E-state index in [-0.39, 0.29) is 0 Å². The lowest BCUT2D eigenvalue weighted by atomic mass is 10.2. The van der Waals surface area contributed by atoms with E-state index in [0.29, 0.717) is 44.9 Å². The Bertz CT molecular complexity index is 1450. The average molecular weight is 540 g/mol. The van der Waals surface area contributed by atoms with Crippen molar-refractivity contribution < 1.29 is 8.95 Å². The van der Waals surface area contributed by atoms with E-state index in [1.165, 1.54) is 6.20 Å². The molecule has 1 saturated heterocycles. The molecular weight excluding hydrogens is 514 g/mol. The molecule has 3 heterocycles. The molecule has 2 aromatic carbocycles. The first-order chi connectivity index (χ1) is 18.0. The van der Waals surface area contributed by atoms with Crippen LogP contribution in [0, 0.1) is 0 Å². The number of nitrogens with one attached hydrogen (secondary N) is 4. The quantitative estimate of drug-likeness (QED) is 0.263. The van der Waals surface area contributed by atoms with Crippen LogP contribution in [0.5, 0.6) is 5.75 Å². The number of nitrogens with zero attached hydrogens (tertiary/aromatic N) is 5. The van der Waals surface area contributed by atoms with Gasteiger partial charge in [0.1, 0.15) is 27.3 Å². The highest BCUT2D eigenvalue weighted by atomic mass is 35.5. The maximum Gasteiger partial charge on any atom is 0.229 e. The summed E-state index contributed by atoms with van der Waals surface area (Å²) in [5.41, 5.74) is 4.16. The number of hydrogen-bond donors (Lipinski definition) is 4. The zero-order valence-electron chi connectivity index (χ0n) is 20.3. The van der Waals surface area contributed by atoms with Gasteiger partial charge in [-0.3, -0.25) is 9.97 Å². The van der Waals surface area contributed by atoms with Gasteiger partial charge in [0, 0.05) is 56.6 Å². The van der Waals surface area contributed by atoms with Crippen LogP contribution in [0.3, 0.4) is 0 Å². The number of ether oxygens (including phenoxy) is 1. The predicted octanol–water partition coefficient (Wildman–Crippen LogP) is 3.68. The van der Waals surface area contributed by atoms with Gasteiger partial charge in [0.05, 0.1) is 35.9 Å². The van der Waals surface area contributed by atoms with Gasteiger partial charge in [-0.2, -0.15) is 4.98 Å². The van der Waals surface area contributed by atoms with Crippen LogP contribution in [0.4, 0.5) is 34.5 Å². The second kappa shape index (κ2) is 11.1. The van der Waals surface area contributed by atoms with Crippen LogP contribution in [0.1, 0.15) is 0 Å². The molecule has 0 saturated carbocycles. The Morgan fingerprint density at radius 2 is 1.84 bits per heavy atom. The van der Waals surface area contributed by atoms with Crippen molar-refractivity contribution in [2.45, 2.75) is 0 Å². The summed E-state index contributed by atoms with van der Waals surface area (Å²) in [4.78, 5) is 19.9. The number of benzene rings is 2. The molecule has 2 aromatic heterocycles. The SMILES string of the molecule is COc1cc(N2CCNCC2)ccc1Nc1ncc(Cl)c(Nc2ccc3nccnc3c2NS(C)=O)n1. The van der Waals surface area contributed by atoms with Gasteiger partial charge in [0.15, 0.2) is 5.82 Å². The number of aromatic nitrogens is 4. The van der Waals surface area contributed by atoms with Gasteiger partial charge in [-0.25, -0.2) is 9.19 Å². The zero-order valence-corrected chi connectivity index (χ0v) is 21.9. The van der Waals surface area contributed by atoms with E-state index in [4.69, 9.17) is 16.3 Å². The summed E-state index contributed by atoms with van der Waals surface area (Å²) < 4.78 is 20.6. The van der Waals surface area contributed by atoms with Crippen LogP contribution in [0.25, 0.3) is 11.0 Å². The maximum atomic E-state index is 12.0. The van der Waals surface area contributed by atoms with Gasteiger partial charge in [0.25, 0.3) is 0 Å².